The molecule has 0 N–H and O–H groups in total. The number of benzene rings is 1. The van der Waals surface area contributed by atoms with Gasteiger partial charge in [0.05, 0.1) is 25.5 Å². The van der Waals surface area contributed by atoms with Crippen LogP contribution in [0.5, 0.6) is 5.75 Å². The Kier molecular flexibility index (Phi) is 4.14. The van der Waals surface area contributed by atoms with Crippen LogP contribution in [0.4, 0.5) is 4.79 Å². The molecule has 0 bridgehead atoms. The summed E-state index contributed by atoms with van der Waals surface area (Å²) in [5, 5.41) is 0. The zero-order valence-electron chi connectivity index (χ0n) is 15.0. The van der Waals surface area contributed by atoms with Gasteiger partial charge in [0.2, 0.25) is 0 Å². The zero-order valence-corrected chi connectivity index (χ0v) is 15.0. The highest BCUT2D eigenvalue weighted by Crippen LogP contribution is 2.26. The molecule has 0 aliphatic carbocycles. The lowest BCUT2D eigenvalue weighted by atomic mass is 10.0. The molecule has 1 fully saturated rings. The number of methoxy groups -OCH3 is 1. The van der Waals surface area contributed by atoms with E-state index in [2.05, 4.69) is 4.98 Å². The number of fused-ring (bicyclic) bond motifs is 1. The van der Waals surface area contributed by atoms with Gasteiger partial charge in [0.15, 0.2) is 0 Å². The molecule has 2 aromatic rings. The van der Waals surface area contributed by atoms with Gasteiger partial charge in [-0.15, -0.1) is 0 Å². The molecule has 26 heavy (non-hydrogen) atoms. The monoisotopic (exact) mass is 354 g/mol. The minimum absolute atomic E-state index is 0.00920. The minimum Gasteiger partial charge on any atom is -0.497 e. The number of ether oxygens (including phenoxy) is 1. The molecule has 0 spiro atoms. The lowest BCUT2D eigenvalue weighted by Gasteiger charge is -2.36. The molecule has 1 aromatic carbocycles. The first-order valence-electron chi connectivity index (χ1n) is 8.86. The Morgan fingerprint density at radius 3 is 2.50 bits per heavy atom. The third-order valence-corrected chi connectivity index (χ3v) is 5.31. The van der Waals surface area contributed by atoms with Gasteiger partial charge in [0, 0.05) is 24.7 Å². The molecule has 1 aromatic heterocycles. The molecule has 0 unspecified atom stereocenters. The van der Waals surface area contributed by atoms with Gasteiger partial charge in [-0.05, 0) is 44.0 Å². The second-order valence-electron chi connectivity index (χ2n) is 6.79. The highest BCUT2D eigenvalue weighted by Gasteiger charge is 2.36. The molecule has 0 radical (unpaired) electrons. The molecule has 2 aliphatic heterocycles. The van der Waals surface area contributed by atoms with Crippen molar-refractivity contribution in [3.8, 4) is 5.75 Å². The van der Waals surface area contributed by atoms with Crippen molar-refractivity contribution in [3.63, 3.8) is 0 Å². The number of imidazole rings is 1. The maximum Gasteiger partial charge on any atom is 0.330 e. The summed E-state index contributed by atoms with van der Waals surface area (Å²) in [6.07, 6.45) is 3.37. The maximum absolute atomic E-state index is 12.7. The summed E-state index contributed by atoms with van der Waals surface area (Å²) in [4.78, 5) is 33.3. The van der Waals surface area contributed by atoms with E-state index in [1.165, 1.54) is 0 Å². The lowest BCUT2D eigenvalue weighted by molar-refractivity contribution is 0.0656. The van der Waals surface area contributed by atoms with E-state index in [0.29, 0.717) is 25.2 Å². The predicted molar refractivity (Wildman–Crippen MR) is 95.2 cm³/mol. The molecule has 7 heteroatoms. The number of aryl methyl sites for hydroxylation is 1. The molecular formula is C19H22N4O3. The second kappa shape index (κ2) is 6.48. The smallest absolute Gasteiger partial charge is 0.330 e. The van der Waals surface area contributed by atoms with Gasteiger partial charge in [-0.1, -0.05) is 0 Å². The number of carbonyl (C=O) groups excluding carboxylic acids is 2. The first-order chi connectivity index (χ1) is 12.6. The SMILES string of the molecule is COc1ccc(C(=O)N2CCC(N3Cc4cnc(C)n4C3=O)CC2)cc1. The Balaban J connectivity index is 1.38. The summed E-state index contributed by atoms with van der Waals surface area (Å²) in [7, 11) is 1.61. The molecule has 4 rings (SSSR count). The van der Waals surface area contributed by atoms with Gasteiger partial charge in [-0.3, -0.25) is 9.36 Å². The van der Waals surface area contributed by atoms with Gasteiger partial charge in [-0.2, -0.15) is 0 Å². The summed E-state index contributed by atoms with van der Waals surface area (Å²) in [5.41, 5.74) is 1.61. The highest BCUT2D eigenvalue weighted by atomic mass is 16.5. The first-order valence-corrected chi connectivity index (χ1v) is 8.86. The first kappa shape index (κ1) is 16.6. The molecule has 7 nitrogen and oxygen atoms in total. The maximum atomic E-state index is 12.7. The van der Waals surface area contributed by atoms with Crippen LogP contribution in [-0.4, -0.2) is 57.5 Å². The van der Waals surface area contributed by atoms with Gasteiger partial charge in [0.25, 0.3) is 5.91 Å². The number of nitrogens with zero attached hydrogens (tertiary/aromatic N) is 4. The predicted octanol–water partition coefficient (Wildman–Crippen LogP) is 2.29. The van der Waals surface area contributed by atoms with Crippen molar-refractivity contribution in [3.05, 3.63) is 47.5 Å². The van der Waals surface area contributed by atoms with Crippen LogP contribution in [-0.2, 0) is 6.54 Å². The summed E-state index contributed by atoms with van der Waals surface area (Å²) >= 11 is 0. The van der Waals surface area contributed by atoms with Crippen molar-refractivity contribution in [2.24, 2.45) is 0 Å². The quantitative estimate of drug-likeness (QED) is 0.848. The van der Waals surface area contributed by atoms with E-state index in [4.69, 9.17) is 4.74 Å². The van der Waals surface area contributed by atoms with E-state index in [9.17, 15) is 9.59 Å². The molecule has 0 saturated carbocycles. The van der Waals surface area contributed by atoms with Crippen molar-refractivity contribution in [1.82, 2.24) is 19.4 Å². The Labute approximate surface area is 152 Å². The number of carbonyl (C=O) groups is 2. The second-order valence-corrected chi connectivity index (χ2v) is 6.79. The van der Waals surface area contributed by atoms with E-state index in [1.807, 2.05) is 16.7 Å². The number of piperidine rings is 1. The fourth-order valence-corrected chi connectivity index (χ4v) is 3.82. The summed E-state index contributed by atoms with van der Waals surface area (Å²) in [6.45, 7) is 3.77. The van der Waals surface area contributed by atoms with Crippen LogP contribution in [0, 0.1) is 6.92 Å². The number of hydrogen-bond acceptors (Lipinski definition) is 4. The van der Waals surface area contributed by atoms with Crippen LogP contribution in [0.1, 0.15) is 34.7 Å². The summed E-state index contributed by atoms with van der Waals surface area (Å²) in [5.74, 6) is 1.51. The topological polar surface area (TPSA) is 67.7 Å². The van der Waals surface area contributed by atoms with Crippen LogP contribution in [0.2, 0.25) is 0 Å². The number of rotatable bonds is 3. The van der Waals surface area contributed by atoms with Crippen molar-refractivity contribution < 1.29 is 14.3 Å². The van der Waals surface area contributed by atoms with E-state index in [1.54, 1.807) is 42.1 Å². The summed E-state index contributed by atoms with van der Waals surface area (Å²) in [6, 6.07) is 7.36. The average molecular weight is 354 g/mol. The third kappa shape index (κ3) is 2.73. The largest absolute Gasteiger partial charge is 0.497 e. The van der Waals surface area contributed by atoms with Gasteiger partial charge in [0.1, 0.15) is 11.6 Å². The van der Waals surface area contributed by atoms with Crippen molar-refractivity contribution >= 4 is 11.9 Å². The number of amides is 2. The van der Waals surface area contributed by atoms with Gasteiger partial charge >= 0.3 is 6.03 Å². The number of hydrogen-bond donors (Lipinski definition) is 0. The summed E-state index contributed by atoms with van der Waals surface area (Å²) < 4.78 is 6.82. The molecule has 136 valence electrons. The minimum atomic E-state index is 0.00920. The Hall–Kier alpha value is -2.83. The molecule has 2 amide bonds. The molecular weight excluding hydrogens is 332 g/mol. The van der Waals surface area contributed by atoms with Crippen LogP contribution in [0.15, 0.2) is 30.5 Å². The lowest BCUT2D eigenvalue weighted by Crippen LogP contribution is -2.47. The molecule has 0 atom stereocenters. The number of likely N-dealkylation sites (tertiary alicyclic amines) is 1. The Bertz CT molecular complexity index is 835. The normalized spacial score (nSPS) is 17.5. The van der Waals surface area contributed by atoms with Crippen molar-refractivity contribution in [2.75, 3.05) is 20.2 Å². The molecule has 3 heterocycles. The van der Waals surface area contributed by atoms with Gasteiger partial charge < -0.3 is 14.5 Å². The third-order valence-electron chi connectivity index (χ3n) is 5.31. The number of aromatic nitrogens is 2. The van der Waals surface area contributed by atoms with Crippen molar-refractivity contribution in [2.45, 2.75) is 32.4 Å². The Morgan fingerprint density at radius 1 is 1.19 bits per heavy atom. The van der Waals surface area contributed by atoms with Crippen LogP contribution in [0.3, 0.4) is 0 Å². The molecule has 2 aliphatic rings. The molecule has 1 saturated heterocycles. The van der Waals surface area contributed by atoms with Crippen LogP contribution < -0.4 is 4.74 Å². The average Bonchev–Trinajstić information content (AvgIpc) is 3.21. The van der Waals surface area contributed by atoms with E-state index in [0.717, 1.165) is 30.1 Å². The van der Waals surface area contributed by atoms with E-state index < -0.39 is 0 Å². The van der Waals surface area contributed by atoms with Crippen LogP contribution in [0.25, 0.3) is 0 Å². The highest BCUT2D eigenvalue weighted by molar-refractivity contribution is 5.94. The van der Waals surface area contributed by atoms with E-state index >= 15 is 0 Å². The fraction of sp³-hybridized carbons (Fsp3) is 0.421. The zero-order chi connectivity index (χ0) is 18.3. The van der Waals surface area contributed by atoms with Crippen LogP contribution >= 0.6 is 0 Å². The fourth-order valence-electron chi connectivity index (χ4n) is 3.82. The Morgan fingerprint density at radius 2 is 1.88 bits per heavy atom. The van der Waals surface area contributed by atoms with E-state index in [-0.39, 0.29) is 18.0 Å². The van der Waals surface area contributed by atoms with Crippen molar-refractivity contribution in [1.29, 1.82) is 0 Å². The van der Waals surface area contributed by atoms with Gasteiger partial charge in [-0.25, -0.2) is 9.78 Å². The standard InChI is InChI=1S/C19H22N4O3/c1-13-20-11-16-12-22(19(25)23(13)16)15-7-9-21(10-8-15)18(24)14-3-5-17(26-2)6-4-14/h3-6,11,15H,7-10,12H2,1-2H3.